The van der Waals surface area contributed by atoms with Crippen LogP contribution in [-0.4, -0.2) is 25.2 Å². The third kappa shape index (κ3) is 5.55. The SMILES string of the molecule is CCOC(=O)NCC(=O)OCc1ccccc1. The molecule has 1 aromatic rings. The zero-order chi connectivity index (χ0) is 12.5. The lowest BCUT2D eigenvalue weighted by atomic mass is 10.2. The highest BCUT2D eigenvalue weighted by atomic mass is 16.6. The van der Waals surface area contributed by atoms with Gasteiger partial charge in [0.15, 0.2) is 0 Å². The van der Waals surface area contributed by atoms with Gasteiger partial charge in [-0.2, -0.15) is 0 Å². The Balaban J connectivity index is 2.20. The minimum Gasteiger partial charge on any atom is -0.460 e. The zero-order valence-corrected chi connectivity index (χ0v) is 9.64. The van der Waals surface area contributed by atoms with Crippen molar-refractivity contribution in [3.8, 4) is 0 Å². The first kappa shape index (κ1) is 13.0. The minimum absolute atomic E-state index is 0.189. The van der Waals surface area contributed by atoms with Crippen LogP contribution in [0.1, 0.15) is 12.5 Å². The lowest BCUT2D eigenvalue weighted by Crippen LogP contribution is -2.31. The van der Waals surface area contributed by atoms with Crippen molar-refractivity contribution in [2.75, 3.05) is 13.2 Å². The Kier molecular flexibility index (Phi) is 5.57. The van der Waals surface area contributed by atoms with E-state index in [1.165, 1.54) is 0 Å². The number of hydrogen-bond donors (Lipinski definition) is 1. The van der Waals surface area contributed by atoms with E-state index in [2.05, 4.69) is 10.1 Å². The molecule has 0 aliphatic carbocycles. The highest BCUT2D eigenvalue weighted by molar-refractivity contribution is 5.77. The number of carbonyl (C=O) groups excluding carboxylic acids is 2. The summed E-state index contributed by atoms with van der Waals surface area (Å²) in [4.78, 5) is 22.1. The summed E-state index contributed by atoms with van der Waals surface area (Å²) in [5.41, 5.74) is 0.900. The molecule has 0 aliphatic heterocycles. The number of rotatable bonds is 5. The fourth-order valence-corrected chi connectivity index (χ4v) is 1.12. The molecule has 0 spiro atoms. The molecule has 5 nitrogen and oxygen atoms in total. The first-order valence-corrected chi connectivity index (χ1v) is 5.32. The normalized spacial score (nSPS) is 9.47. The van der Waals surface area contributed by atoms with Gasteiger partial charge in [0.05, 0.1) is 6.61 Å². The molecule has 0 bridgehead atoms. The molecule has 0 unspecified atom stereocenters. The van der Waals surface area contributed by atoms with Crippen LogP contribution in [0.25, 0.3) is 0 Å². The van der Waals surface area contributed by atoms with E-state index in [4.69, 9.17) is 4.74 Å². The fourth-order valence-electron chi connectivity index (χ4n) is 1.12. The topological polar surface area (TPSA) is 64.6 Å². The van der Waals surface area contributed by atoms with Gasteiger partial charge >= 0.3 is 12.1 Å². The Morgan fingerprint density at radius 1 is 1.18 bits per heavy atom. The second-order valence-electron chi connectivity index (χ2n) is 3.22. The van der Waals surface area contributed by atoms with E-state index in [9.17, 15) is 9.59 Å². The van der Waals surface area contributed by atoms with E-state index < -0.39 is 12.1 Å². The molecule has 0 heterocycles. The van der Waals surface area contributed by atoms with Gasteiger partial charge in [-0.25, -0.2) is 4.79 Å². The zero-order valence-electron chi connectivity index (χ0n) is 9.64. The summed E-state index contributed by atoms with van der Waals surface area (Å²) in [6, 6.07) is 9.31. The first-order valence-electron chi connectivity index (χ1n) is 5.32. The van der Waals surface area contributed by atoms with Crippen LogP contribution in [0.2, 0.25) is 0 Å². The second kappa shape index (κ2) is 7.27. The Labute approximate surface area is 99.7 Å². The number of carbonyl (C=O) groups is 2. The summed E-state index contributed by atoms with van der Waals surface area (Å²) >= 11 is 0. The number of alkyl carbamates (subject to hydrolysis) is 1. The van der Waals surface area contributed by atoms with Gasteiger partial charge in [-0.05, 0) is 12.5 Å². The van der Waals surface area contributed by atoms with E-state index in [0.29, 0.717) is 0 Å². The molecule has 17 heavy (non-hydrogen) atoms. The quantitative estimate of drug-likeness (QED) is 0.788. The molecule has 92 valence electrons. The van der Waals surface area contributed by atoms with E-state index in [1.807, 2.05) is 30.3 Å². The lowest BCUT2D eigenvalue weighted by Gasteiger charge is -2.06. The Morgan fingerprint density at radius 3 is 2.53 bits per heavy atom. The van der Waals surface area contributed by atoms with E-state index in [0.717, 1.165) is 5.56 Å². The van der Waals surface area contributed by atoms with E-state index in [-0.39, 0.29) is 19.8 Å². The highest BCUT2D eigenvalue weighted by Crippen LogP contribution is 2.00. The van der Waals surface area contributed by atoms with Crippen LogP contribution in [0.15, 0.2) is 30.3 Å². The number of benzene rings is 1. The van der Waals surface area contributed by atoms with Gasteiger partial charge in [0.1, 0.15) is 13.2 Å². The number of esters is 1. The maximum absolute atomic E-state index is 11.2. The maximum atomic E-state index is 11.2. The van der Waals surface area contributed by atoms with Crippen molar-refractivity contribution in [1.29, 1.82) is 0 Å². The summed E-state index contributed by atoms with van der Waals surface area (Å²) in [6.07, 6.45) is -0.621. The van der Waals surface area contributed by atoms with Gasteiger partial charge in [0.25, 0.3) is 0 Å². The molecular formula is C12H15NO4. The molecule has 0 atom stereocenters. The molecule has 0 aromatic heterocycles. The first-order chi connectivity index (χ1) is 8.22. The molecule has 0 saturated carbocycles. The van der Waals surface area contributed by atoms with Crippen LogP contribution < -0.4 is 5.32 Å². The van der Waals surface area contributed by atoms with Crippen LogP contribution >= 0.6 is 0 Å². The van der Waals surface area contributed by atoms with Crippen molar-refractivity contribution in [2.45, 2.75) is 13.5 Å². The molecule has 0 radical (unpaired) electrons. The molecular weight excluding hydrogens is 222 g/mol. The Morgan fingerprint density at radius 2 is 1.88 bits per heavy atom. The average molecular weight is 237 g/mol. The van der Waals surface area contributed by atoms with Crippen molar-refractivity contribution < 1.29 is 19.1 Å². The highest BCUT2D eigenvalue weighted by Gasteiger charge is 2.06. The smallest absolute Gasteiger partial charge is 0.407 e. The lowest BCUT2D eigenvalue weighted by molar-refractivity contribution is -0.143. The van der Waals surface area contributed by atoms with Gasteiger partial charge in [-0.3, -0.25) is 4.79 Å². The van der Waals surface area contributed by atoms with Gasteiger partial charge in [-0.1, -0.05) is 30.3 Å². The molecule has 1 amide bonds. The molecule has 0 aliphatic rings. The number of amides is 1. The van der Waals surface area contributed by atoms with Gasteiger partial charge in [-0.15, -0.1) is 0 Å². The number of hydrogen-bond acceptors (Lipinski definition) is 4. The van der Waals surface area contributed by atoms with Crippen molar-refractivity contribution in [2.24, 2.45) is 0 Å². The molecule has 5 heteroatoms. The third-order valence-electron chi connectivity index (χ3n) is 1.90. The standard InChI is InChI=1S/C12H15NO4/c1-2-16-12(15)13-8-11(14)17-9-10-6-4-3-5-7-10/h3-7H,2,8-9H2,1H3,(H,13,15). The maximum Gasteiger partial charge on any atom is 0.407 e. The van der Waals surface area contributed by atoms with Crippen LogP contribution in [0.5, 0.6) is 0 Å². The van der Waals surface area contributed by atoms with Crippen LogP contribution in [0.4, 0.5) is 4.79 Å². The third-order valence-corrected chi connectivity index (χ3v) is 1.90. The summed E-state index contributed by atoms with van der Waals surface area (Å²) in [5.74, 6) is -0.498. The second-order valence-corrected chi connectivity index (χ2v) is 3.22. The average Bonchev–Trinajstić information content (AvgIpc) is 2.35. The summed E-state index contributed by atoms with van der Waals surface area (Å²) in [6.45, 7) is 1.97. The molecule has 0 saturated heterocycles. The number of nitrogens with one attached hydrogen (secondary N) is 1. The van der Waals surface area contributed by atoms with Crippen molar-refractivity contribution in [3.63, 3.8) is 0 Å². The Hall–Kier alpha value is -2.04. The molecule has 1 aromatic carbocycles. The van der Waals surface area contributed by atoms with Crippen LogP contribution in [0, 0.1) is 0 Å². The number of ether oxygens (including phenoxy) is 2. The predicted molar refractivity (Wildman–Crippen MR) is 61.3 cm³/mol. The van der Waals surface area contributed by atoms with Crippen molar-refractivity contribution >= 4 is 12.1 Å². The predicted octanol–water partition coefficient (Wildman–Crippen LogP) is 1.48. The monoisotopic (exact) mass is 237 g/mol. The summed E-state index contributed by atoms with van der Waals surface area (Å²) in [7, 11) is 0. The van der Waals surface area contributed by atoms with Gasteiger partial charge in [0, 0.05) is 0 Å². The fraction of sp³-hybridized carbons (Fsp3) is 0.333. The summed E-state index contributed by atoms with van der Waals surface area (Å²) in [5, 5.41) is 2.28. The molecule has 0 fully saturated rings. The molecule has 1 N–H and O–H groups in total. The van der Waals surface area contributed by atoms with Crippen molar-refractivity contribution in [3.05, 3.63) is 35.9 Å². The largest absolute Gasteiger partial charge is 0.460 e. The van der Waals surface area contributed by atoms with Gasteiger partial charge < -0.3 is 14.8 Å². The van der Waals surface area contributed by atoms with E-state index in [1.54, 1.807) is 6.92 Å². The summed E-state index contributed by atoms with van der Waals surface area (Å²) < 4.78 is 9.54. The van der Waals surface area contributed by atoms with Crippen LogP contribution in [-0.2, 0) is 20.9 Å². The Bertz CT molecular complexity index is 364. The van der Waals surface area contributed by atoms with E-state index >= 15 is 0 Å². The van der Waals surface area contributed by atoms with Crippen LogP contribution in [0.3, 0.4) is 0 Å². The molecule has 1 rings (SSSR count). The minimum atomic E-state index is -0.621. The van der Waals surface area contributed by atoms with Crippen molar-refractivity contribution in [1.82, 2.24) is 5.32 Å². The van der Waals surface area contributed by atoms with Gasteiger partial charge in [0.2, 0.25) is 0 Å².